The molecule has 1 aliphatic heterocycles. The fraction of sp³-hybridized carbons (Fsp3) is 0.462. The molecule has 1 aromatic carbocycles. The van der Waals surface area contributed by atoms with Crippen molar-refractivity contribution in [3.63, 3.8) is 0 Å². The van der Waals surface area contributed by atoms with Gasteiger partial charge in [-0.25, -0.2) is 0 Å². The van der Waals surface area contributed by atoms with E-state index in [2.05, 4.69) is 26.1 Å². The van der Waals surface area contributed by atoms with Crippen molar-refractivity contribution in [2.75, 3.05) is 26.2 Å². The number of rotatable bonds is 3. The van der Waals surface area contributed by atoms with E-state index in [0.29, 0.717) is 5.02 Å². The maximum atomic E-state index is 11.9. The Labute approximate surface area is 126 Å². The summed E-state index contributed by atoms with van der Waals surface area (Å²) in [6.07, 6.45) is 1.00. The number of amides is 1. The summed E-state index contributed by atoms with van der Waals surface area (Å²) in [5, 5.41) is 3.93. The molecule has 1 aliphatic rings. The minimum absolute atomic E-state index is 0.343. The molecule has 0 aromatic heterocycles. The van der Waals surface area contributed by atoms with Gasteiger partial charge in [0.05, 0.1) is 0 Å². The van der Waals surface area contributed by atoms with E-state index in [9.17, 15) is 4.79 Å². The van der Waals surface area contributed by atoms with Crippen molar-refractivity contribution < 1.29 is 4.79 Å². The molecule has 4 nitrogen and oxygen atoms in total. The lowest BCUT2D eigenvalue weighted by Crippen LogP contribution is -2.40. The van der Waals surface area contributed by atoms with Crippen molar-refractivity contribution in [3.05, 3.63) is 33.3 Å². The highest BCUT2D eigenvalue weighted by atomic mass is 79.9. The first kappa shape index (κ1) is 14.8. The number of nitrogens with one attached hydrogen (secondary N) is 1. The molecule has 0 aliphatic carbocycles. The molecule has 2 rings (SSSR count). The number of benzene rings is 1. The number of primary amides is 1. The van der Waals surface area contributed by atoms with Crippen molar-refractivity contribution in [1.29, 1.82) is 0 Å². The van der Waals surface area contributed by atoms with Crippen LogP contribution in [-0.4, -0.2) is 37.0 Å². The van der Waals surface area contributed by atoms with Gasteiger partial charge in [0.25, 0.3) is 0 Å². The van der Waals surface area contributed by atoms with Gasteiger partial charge in [-0.1, -0.05) is 27.5 Å². The van der Waals surface area contributed by atoms with E-state index in [1.807, 2.05) is 6.07 Å². The van der Waals surface area contributed by atoms with Crippen LogP contribution in [0.2, 0.25) is 5.02 Å². The first-order chi connectivity index (χ1) is 9.09. The predicted octanol–water partition coefficient (Wildman–Crippen LogP) is 1.92. The summed E-state index contributed by atoms with van der Waals surface area (Å²) in [5.74, 6) is -0.343. The molecule has 6 heteroatoms. The third kappa shape index (κ3) is 3.69. The van der Waals surface area contributed by atoms with Crippen molar-refractivity contribution in [1.82, 2.24) is 10.2 Å². The maximum absolute atomic E-state index is 11.9. The van der Waals surface area contributed by atoms with E-state index < -0.39 is 6.04 Å². The Morgan fingerprint density at radius 3 is 2.95 bits per heavy atom. The second-order valence-electron chi connectivity index (χ2n) is 4.61. The fourth-order valence-corrected chi connectivity index (χ4v) is 3.02. The molecule has 1 atom stereocenters. The number of nitrogens with zero attached hydrogens (tertiary/aromatic N) is 1. The highest BCUT2D eigenvalue weighted by molar-refractivity contribution is 9.10. The topological polar surface area (TPSA) is 58.4 Å². The first-order valence-electron chi connectivity index (χ1n) is 6.28. The first-order valence-corrected chi connectivity index (χ1v) is 7.45. The van der Waals surface area contributed by atoms with Gasteiger partial charge in [-0.3, -0.25) is 9.69 Å². The molecule has 1 aromatic rings. The van der Waals surface area contributed by atoms with Crippen molar-refractivity contribution in [3.8, 4) is 0 Å². The van der Waals surface area contributed by atoms with Crippen LogP contribution >= 0.6 is 27.5 Å². The van der Waals surface area contributed by atoms with Gasteiger partial charge < -0.3 is 11.1 Å². The Morgan fingerprint density at radius 1 is 1.42 bits per heavy atom. The van der Waals surface area contributed by atoms with Gasteiger partial charge in [0, 0.05) is 29.1 Å². The largest absolute Gasteiger partial charge is 0.368 e. The van der Waals surface area contributed by atoms with Crippen molar-refractivity contribution >= 4 is 33.4 Å². The minimum atomic E-state index is -0.437. The van der Waals surface area contributed by atoms with E-state index in [1.165, 1.54) is 0 Å². The summed E-state index contributed by atoms with van der Waals surface area (Å²) in [6.45, 7) is 3.48. The number of carbonyl (C=O) groups is 1. The Morgan fingerprint density at radius 2 is 2.21 bits per heavy atom. The molecule has 104 valence electrons. The van der Waals surface area contributed by atoms with Crippen LogP contribution in [0.4, 0.5) is 0 Å². The van der Waals surface area contributed by atoms with Crippen LogP contribution in [0.3, 0.4) is 0 Å². The third-order valence-electron chi connectivity index (χ3n) is 3.26. The molecule has 1 saturated heterocycles. The molecular weight excluding hydrogens is 330 g/mol. The van der Waals surface area contributed by atoms with Gasteiger partial charge in [0.1, 0.15) is 6.04 Å². The summed E-state index contributed by atoms with van der Waals surface area (Å²) < 4.78 is 0.859. The molecule has 1 unspecified atom stereocenters. The monoisotopic (exact) mass is 345 g/mol. The summed E-state index contributed by atoms with van der Waals surface area (Å²) in [6, 6.07) is 5.01. The highest BCUT2D eigenvalue weighted by Crippen LogP contribution is 2.30. The van der Waals surface area contributed by atoms with Crippen LogP contribution in [0, 0.1) is 0 Å². The molecule has 3 N–H and O–H groups in total. The second kappa shape index (κ2) is 6.70. The lowest BCUT2D eigenvalue weighted by molar-refractivity contribution is -0.123. The molecule has 19 heavy (non-hydrogen) atoms. The molecule has 0 saturated carbocycles. The fourth-order valence-electron chi connectivity index (χ4n) is 2.38. The van der Waals surface area contributed by atoms with Gasteiger partial charge in [-0.05, 0) is 36.7 Å². The average molecular weight is 347 g/mol. The van der Waals surface area contributed by atoms with Crippen LogP contribution in [0.25, 0.3) is 0 Å². The maximum Gasteiger partial charge on any atom is 0.239 e. The standard InChI is InChI=1S/C13H17BrClN3O/c14-11-3-2-9(15)8-10(11)12(13(16)19)18-6-1-4-17-5-7-18/h2-3,8,12,17H,1,4-7H2,(H2,16,19). The number of nitrogens with two attached hydrogens (primary N) is 1. The van der Waals surface area contributed by atoms with E-state index in [1.54, 1.807) is 12.1 Å². The zero-order valence-corrected chi connectivity index (χ0v) is 12.9. The van der Waals surface area contributed by atoms with Crippen molar-refractivity contribution in [2.45, 2.75) is 12.5 Å². The summed E-state index contributed by atoms with van der Waals surface area (Å²) in [7, 11) is 0. The lowest BCUT2D eigenvalue weighted by Gasteiger charge is -2.29. The Balaban J connectivity index is 2.33. The highest BCUT2D eigenvalue weighted by Gasteiger charge is 2.28. The number of halogens is 2. The van der Waals surface area contributed by atoms with Crippen LogP contribution in [0.1, 0.15) is 18.0 Å². The summed E-state index contributed by atoms with van der Waals surface area (Å²) in [4.78, 5) is 14.0. The Bertz CT molecular complexity index is 461. The molecule has 0 radical (unpaired) electrons. The van der Waals surface area contributed by atoms with Crippen LogP contribution in [0.5, 0.6) is 0 Å². The Kier molecular flexibility index (Phi) is 5.21. The van der Waals surface area contributed by atoms with Crippen LogP contribution in [0.15, 0.2) is 22.7 Å². The van der Waals surface area contributed by atoms with Gasteiger partial charge in [0.15, 0.2) is 0 Å². The van der Waals surface area contributed by atoms with Crippen LogP contribution in [-0.2, 0) is 4.79 Å². The number of carbonyl (C=O) groups excluding carboxylic acids is 1. The number of hydrogen-bond donors (Lipinski definition) is 2. The smallest absolute Gasteiger partial charge is 0.239 e. The van der Waals surface area contributed by atoms with Crippen molar-refractivity contribution in [2.24, 2.45) is 5.73 Å². The lowest BCUT2D eigenvalue weighted by atomic mass is 10.0. The van der Waals surface area contributed by atoms with Crippen LogP contribution < -0.4 is 11.1 Å². The van der Waals surface area contributed by atoms with Gasteiger partial charge >= 0.3 is 0 Å². The predicted molar refractivity (Wildman–Crippen MR) is 80.1 cm³/mol. The third-order valence-corrected chi connectivity index (χ3v) is 4.22. The summed E-state index contributed by atoms with van der Waals surface area (Å²) in [5.41, 5.74) is 6.44. The van der Waals surface area contributed by atoms with E-state index in [-0.39, 0.29) is 5.91 Å². The van der Waals surface area contributed by atoms with E-state index in [4.69, 9.17) is 17.3 Å². The van der Waals surface area contributed by atoms with Gasteiger partial charge in [-0.15, -0.1) is 0 Å². The van der Waals surface area contributed by atoms with Gasteiger partial charge in [0.2, 0.25) is 5.91 Å². The summed E-state index contributed by atoms with van der Waals surface area (Å²) >= 11 is 9.51. The van der Waals surface area contributed by atoms with E-state index >= 15 is 0 Å². The number of hydrogen-bond acceptors (Lipinski definition) is 3. The molecular formula is C13H17BrClN3O. The normalized spacial score (nSPS) is 18.8. The molecule has 1 fully saturated rings. The molecule has 1 amide bonds. The zero-order chi connectivity index (χ0) is 13.8. The average Bonchev–Trinajstić information content (AvgIpc) is 2.62. The minimum Gasteiger partial charge on any atom is -0.368 e. The molecule has 0 bridgehead atoms. The Hall–Kier alpha value is -0.620. The van der Waals surface area contributed by atoms with E-state index in [0.717, 1.165) is 42.6 Å². The SMILES string of the molecule is NC(=O)C(c1cc(Cl)ccc1Br)N1CCCNCC1. The zero-order valence-electron chi connectivity index (χ0n) is 10.5. The molecule has 0 spiro atoms. The second-order valence-corrected chi connectivity index (χ2v) is 5.90. The van der Waals surface area contributed by atoms with Gasteiger partial charge in [-0.2, -0.15) is 0 Å². The quantitative estimate of drug-likeness (QED) is 0.879. The molecule has 1 heterocycles.